The van der Waals surface area contributed by atoms with Gasteiger partial charge in [-0.3, -0.25) is 0 Å². The molecule has 0 saturated carbocycles. The van der Waals surface area contributed by atoms with Gasteiger partial charge in [-0.05, 0) is 48.9 Å². The molecule has 2 aliphatic heterocycles. The summed E-state index contributed by atoms with van der Waals surface area (Å²) in [4.78, 5) is 0. The molecule has 0 spiro atoms. The average molecular weight is 655 g/mol. The summed E-state index contributed by atoms with van der Waals surface area (Å²) in [5, 5.41) is 0. The molecule has 3 aromatic rings. The summed E-state index contributed by atoms with van der Waals surface area (Å²) < 4.78 is 25.3. The minimum Gasteiger partial charge on any atom is -0.348 e. The van der Waals surface area contributed by atoms with Gasteiger partial charge in [0.2, 0.25) is 0 Å². The van der Waals surface area contributed by atoms with E-state index in [1.54, 1.807) is 0 Å². The first-order valence-electron chi connectivity index (χ1n) is 19.4. The summed E-state index contributed by atoms with van der Waals surface area (Å²) in [7, 11) is 0. The van der Waals surface area contributed by atoms with Gasteiger partial charge in [0.25, 0.3) is 0 Å². The van der Waals surface area contributed by atoms with Gasteiger partial charge in [0.1, 0.15) is 0 Å². The highest BCUT2D eigenvalue weighted by Crippen LogP contribution is 2.37. The first kappa shape index (κ1) is 36.8. The molecular weight excluding hydrogens is 592 g/mol. The Labute approximate surface area is 291 Å². The molecule has 2 saturated heterocycles. The maximum Gasteiger partial charge on any atom is 0.184 e. The molecule has 4 heteroatoms. The Kier molecular flexibility index (Phi) is 15.0. The number of benzene rings is 3. The summed E-state index contributed by atoms with van der Waals surface area (Å²) in [6.07, 6.45) is 18.1. The van der Waals surface area contributed by atoms with Crippen LogP contribution in [0.25, 0.3) is 22.3 Å². The Morgan fingerprint density at radius 1 is 0.479 bits per heavy atom. The van der Waals surface area contributed by atoms with Crippen molar-refractivity contribution in [1.82, 2.24) is 0 Å². The van der Waals surface area contributed by atoms with Crippen molar-refractivity contribution in [2.24, 2.45) is 11.8 Å². The van der Waals surface area contributed by atoms with Gasteiger partial charge >= 0.3 is 0 Å². The van der Waals surface area contributed by atoms with Crippen molar-refractivity contribution in [3.63, 3.8) is 0 Å². The molecule has 0 N–H and O–H groups in total. The van der Waals surface area contributed by atoms with E-state index in [-0.39, 0.29) is 24.8 Å². The summed E-state index contributed by atoms with van der Waals surface area (Å²) in [5.41, 5.74) is 6.97. The van der Waals surface area contributed by atoms with E-state index in [0.29, 0.717) is 11.8 Å². The van der Waals surface area contributed by atoms with E-state index >= 15 is 0 Å². The van der Waals surface area contributed by atoms with Crippen LogP contribution in [-0.2, 0) is 18.9 Å². The first-order valence-corrected chi connectivity index (χ1v) is 19.4. The molecule has 0 aromatic heterocycles. The Bertz CT molecular complexity index is 1220. The first-order chi connectivity index (χ1) is 23.6. The second-order valence-corrected chi connectivity index (χ2v) is 14.4. The van der Waals surface area contributed by atoms with Gasteiger partial charge < -0.3 is 18.9 Å². The van der Waals surface area contributed by atoms with Crippen LogP contribution >= 0.6 is 0 Å². The van der Waals surface area contributed by atoms with Crippen LogP contribution in [0.2, 0.25) is 0 Å². The molecule has 48 heavy (non-hydrogen) atoms. The SMILES string of the molecule is CCCCCCCCC1COC(c2ccc(-c3ccccc3-c3ccc(C4OCC(CCCCCCCC)C(C)O4)cc3)cc2)OC1C. The fourth-order valence-corrected chi connectivity index (χ4v) is 7.37. The molecule has 6 unspecified atom stereocenters. The Morgan fingerprint density at radius 3 is 1.23 bits per heavy atom. The number of hydrogen-bond donors (Lipinski definition) is 0. The largest absolute Gasteiger partial charge is 0.348 e. The molecule has 0 radical (unpaired) electrons. The van der Waals surface area contributed by atoms with Crippen LogP contribution in [-0.4, -0.2) is 25.4 Å². The highest BCUT2D eigenvalue weighted by atomic mass is 16.7. The maximum absolute atomic E-state index is 6.38. The third-order valence-electron chi connectivity index (χ3n) is 10.7. The second-order valence-electron chi connectivity index (χ2n) is 14.4. The van der Waals surface area contributed by atoms with Crippen LogP contribution < -0.4 is 0 Å². The molecular formula is C44H62O4. The van der Waals surface area contributed by atoms with E-state index in [2.05, 4.69) is 100 Å². The summed E-state index contributed by atoms with van der Waals surface area (Å²) in [5.74, 6) is 0.966. The Balaban J connectivity index is 1.13. The summed E-state index contributed by atoms with van der Waals surface area (Å²) in [6.45, 7) is 10.5. The zero-order chi connectivity index (χ0) is 33.6. The molecule has 5 rings (SSSR count). The van der Waals surface area contributed by atoms with Gasteiger partial charge in [0.15, 0.2) is 12.6 Å². The van der Waals surface area contributed by atoms with Crippen molar-refractivity contribution in [1.29, 1.82) is 0 Å². The van der Waals surface area contributed by atoms with E-state index in [9.17, 15) is 0 Å². The predicted molar refractivity (Wildman–Crippen MR) is 199 cm³/mol. The molecule has 4 nitrogen and oxygen atoms in total. The quantitative estimate of drug-likeness (QED) is 0.128. The monoisotopic (exact) mass is 654 g/mol. The van der Waals surface area contributed by atoms with E-state index in [1.165, 1.54) is 112 Å². The highest BCUT2D eigenvalue weighted by Gasteiger charge is 2.30. The van der Waals surface area contributed by atoms with Crippen LogP contribution in [0.3, 0.4) is 0 Å². The summed E-state index contributed by atoms with van der Waals surface area (Å²) in [6, 6.07) is 26.1. The smallest absolute Gasteiger partial charge is 0.184 e. The van der Waals surface area contributed by atoms with Crippen molar-refractivity contribution in [2.45, 2.75) is 142 Å². The van der Waals surface area contributed by atoms with Gasteiger partial charge in [-0.15, -0.1) is 0 Å². The summed E-state index contributed by atoms with van der Waals surface area (Å²) >= 11 is 0. The van der Waals surface area contributed by atoms with Gasteiger partial charge in [-0.2, -0.15) is 0 Å². The number of ether oxygens (including phenoxy) is 4. The third kappa shape index (κ3) is 10.5. The zero-order valence-electron chi connectivity index (χ0n) is 30.3. The standard InChI is InChI=1S/C44H62O4/c1-5-7-9-11-13-15-19-39-31-45-43(47-33(39)3)37-27-23-35(24-28-37)41-21-17-18-22-42(41)36-25-29-38(30-26-36)44-46-32-40(34(4)48-44)20-16-14-12-10-8-6-2/h17-18,21-30,33-34,39-40,43-44H,5-16,19-20,31-32H2,1-4H3. The van der Waals surface area contributed by atoms with E-state index in [0.717, 1.165) is 24.3 Å². The number of rotatable bonds is 18. The van der Waals surface area contributed by atoms with Gasteiger partial charge in [-0.1, -0.05) is 164 Å². The van der Waals surface area contributed by atoms with Crippen molar-refractivity contribution < 1.29 is 18.9 Å². The molecule has 262 valence electrons. The molecule has 0 bridgehead atoms. The maximum atomic E-state index is 6.38. The van der Waals surface area contributed by atoms with Crippen molar-refractivity contribution >= 4 is 0 Å². The minimum atomic E-state index is -0.296. The lowest BCUT2D eigenvalue weighted by molar-refractivity contribution is -0.237. The van der Waals surface area contributed by atoms with Crippen LogP contribution in [0.1, 0.15) is 141 Å². The lowest BCUT2D eigenvalue weighted by atomic mass is 9.93. The zero-order valence-corrected chi connectivity index (χ0v) is 30.3. The fourth-order valence-electron chi connectivity index (χ4n) is 7.37. The van der Waals surface area contributed by atoms with Crippen LogP contribution in [0.4, 0.5) is 0 Å². The van der Waals surface area contributed by atoms with E-state index in [1.807, 2.05) is 0 Å². The number of hydrogen-bond acceptors (Lipinski definition) is 4. The lowest BCUT2D eigenvalue weighted by Crippen LogP contribution is -2.34. The molecule has 2 heterocycles. The minimum absolute atomic E-state index is 0.210. The molecule has 2 aliphatic rings. The van der Waals surface area contributed by atoms with Crippen LogP contribution in [0.15, 0.2) is 72.8 Å². The Morgan fingerprint density at radius 2 is 0.854 bits per heavy atom. The number of unbranched alkanes of at least 4 members (excludes halogenated alkanes) is 10. The fraction of sp³-hybridized carbons (Fsp3) is 0.591. The molecule has 6 atom stereocenters. The van der Waals surface area contributed by atoms with Crippen LogP contribution in [0.5, 0.6) is 0 Å². The van der Waals surface area contributed by atoms with Gasteiger partial charge in [-0.25, -0.2) is 0 Å². The topological polar surface area (TPSA) is 36.9 Å². The van der Waals surface area contributed by atoms with E-state index < -0.39 is 0 Å². The normalized spacial score (nSPS) is 24.5. The lowest BCUT2D eigenvalue weighted by Gasteiger charge is -2.35. The Hall–Kier alpha value is -2.50. The van der Waals surface area contributed by atoms with Crippen molar-refractivity contribution in [3.05, 3.63) is 83.9 Å². The highest BCUT2D eigenvalue weighted by molar-refractivity contribution is 5.83. The molecule has 0 amide bonds. The van der Waals surface area contributed by atoms with Crippen LogP contribution in [0, 0.1) is 11.8 Å². The van der Waals surface area contributed by atoms with Crippen molar-refractivity contribution in [3.8, 4) is 22.3 Å². The van der Waals surface area contributed by atoms with Gasteiger partial charge in [0.05, 0.1) is 25.4 Å². The third-order valence-corrected chi connectivity index (χ3v) is 10.7. The average Bonchev–Trinajstić information content (AvgIpc) is 3.12. The molecule has 2 fully saturated rings. The molecule has 0 aliphatic carbocycles. The van der Waals surface area contributed by atoms with Gasteiger partial charge in [0, 0.05) is 23.0 Å². The molecule has 3 aromatic carbocycles. The predicted octanol–water partition coefficient (Wildman–Crippen LogP) is 12.6. The van der Waals surface area contributed by atoms with E-state index in [4.69, 9.17) is 18.9 Å². The second kappa shape index (κ2) is 19.6. The van der Waals surface area contributed by atoms with Crippen molar-refractivity contribution in [2.75, 3.05) is 13.2 Å².